The molecule has 1 rings (SSSR count). The summed E-state index contributed by atoms with van der Waals surface area (Å²) in [6, 6.07) is 5.80. The van der Waals surface area contributed by atoms with Crippen molar-refractivity contribution in [3.8, 4) is 11.5 Å². The predicted molar refractivity (Wildman–Crippen MR) is 78.7 cm³/mol. The molecule has 3 nitrogen and oxygen atoms in total. The van der Waals surface area contributed by atoms with Gasteiger partial charge in [0.05, 0.1) is 19.8 Å². The van der Waals surface area contributed by atoms with E-state index in [1.807, 2.05) is 38.1 Å². The van der Waals surface area contributed by atoms with Crippen LogP contribution in [0.4, 0.5) is 0 Å². The van der Waals surface area contributed by atoms with Crippen molar-refractivity contribution >= 4 is 6.08 Å². The standard InChI is InChI=1S/C16H24O3/c1-11(2)14(10-17)8-13-6-7-15(19-12(3)4)16(9-13)18-5/h6-9,11-12,17H,10H2,1-5H3. The van der Waals surface area contributed by atoms with Gasteiger partial charge >= 0.3 is 0 Å². The van der Waals surface area contributed by atoms with Crippen LogP contribution in [0.2, 0.25) is 0 Å². The van der Waals surface area contributed by atoms with Gasteiger partial charge in [0, 0.05) is 0 Å². The second-order valence-electron chi connectivity index (χ2n) is 5.11. The first-order valence-corrected chi connectivity index (χ1v) is 6.64. The van der Waals surface area contributed by atoms with E-state index in [9.17, 15) is 5.11 Å². The number of aliphatic hydroxyl groups excluding tert-OH is 1. The molecular weight excluding hydrogens is 240 g/mol. The topological polar surface area (TPSA) is 38.7 Å². The average molecular weight is 264 g/mol. The van der Waals surface area contributed by atoms with Gasteiger partial charge in [-0.1, -0.05) is 26.0 Å². The van der Waals surface area contributed by atoms with E-state index in [4.69, 9.17) is 9.47 Å². The molecule has 1 aromatic carbocycles. The molecule has 0 saturated heterocycles. The van der Waals surface area contributed by atoms with E-state index in [2.05, 4.69) is 13.8 Å². The van der Waals surface area contributed by atoms with Crippen molar-refractivity contribution in [3.05, 3.63) is 29.3 Å². The van der Waals surface area contributed by atoms with E-state index >= 15 is 0 Å². The van der Waals surface area contributed by atoms with Gasteiger partial charge in [-0.3, -0.25) is 0 Å². The number of aliphatic hydroxyl groups is 1. The van der Waals surface area contributed by atoms with Gasteiger partial charge in [-0.25, -0.2) is 0 Å². The Bertz CT molecular complexity index is 434. The Balaban J connectivity index is 3.06. The lowest BCUT2D eigenvalue weighted by atomic mass is 10.0. The number of methoxy groups -OCH3 is 1. The van der Waals surface area contributed by atoms with Crippen molar-refractivity contribution < 1.29 is 14.6 Å². The molecule has 0 spiro atoms. The third-order valence-corrected chi connectivity index (χ3v) is 2.83. The highest BCUT2D eigenvalue weighted by Crippen LogP contribution is 2.30. The summed E-state index contributed by atoms with van der Waals surface area (Å²) in [5.74, 6) is 1.77. The third kappa shape index (κ3) is 4.60. The molecule has 0 bridgehead atoms. The van der Waals surface area contributed by atoms with Crippen LogP contribution in [-0.2, 0) is 0 Å². The highest BCUT2D eigenvalue weighted by atomic mass is 16.5. The molecule has 0 heterocycles. The molecule has 0 fully saturated rings. The fraction of sp³-hybridized carbons (Fsp3) is 0.500. The first-order chi connectivity index (χ1) is 8.97. The highest BCUT2D eigenvalue weighted by molar-refractivity contribution is 5.58. The summed E-state index contributed by atoms with van der Waals surface area (Å²) in [7, 11) is 1.63. The highest BCUT2D eigenvalue weighted by Gasteiger charge is 2.08. The molecule has 0 amide bonds. The third-order valence-electron chi connectivity index (χ3n) is 2.83. The molecule has 106 valence electrons. The lowest BCUT2D eigenvalue weighted by Crippen LogP contribution is -2.06. The van der Waals surface area contributed by atoms with Crippen molar-refractivity contribution in [2.75, 3.05) is 13.7 Å². The molecule has 3 heteroatoms. The zero-order chi connectivity index (χ0) is 14.4. The number of hydrogen-bond donors (Lipinski definition) is 1. The average Bonchev–Trinajstić information content (AvgIpc) is 2.36. The number of rotatable bonds is 6. The maximum Gasteiger partial charge on any atom is 0.161 e. The predicted octanol–water partition coefficient (Wildman–Crippen LogP) is 3.51. The first kappa shape index (κ1) is 15.6. The Hall–Kier alpha value is -1.48. The molecule has 19 heavy (non-hydrogen) atoms. The minimum Gasteiger partial charge on any atom is -0.493 e. The molecule has 0 radical (unpaired) electrons. The Kier molecular flexibility index (Phi) is 5.90. The van der Waals surface area contributed by atoms with Crippen molar-refractivity contribution in [2.24, 2.45) is 5.92 Å². The minimum absolute atomic E-state index is 0.0736. The van der Waals surface area contributed by atoms with E-state index in [0.29, 0.717) is 11.7 Å². The van der Waals surface area contributed by atoms with Crippen LogP contribution in [0.15, 0.2) is 23.8 Å². The van der Waals surface area contributed by atoms with Crippen LogP contribution < -0.4 is 9.47 Å². The largest absolute Gasteiger partial charge is 0.493 e. The number of ether oxygens (including phenoxy) is 2. The van der Waals surface area contributed by atoms with E-state index < -0.39 is 0 Å². The van der Waals surface area contributed by atoms with Crippen LogP contribution in [0, 0.1) is 5.92 Å². The van der Waals surface area contributed by atoms with Crippen LogP contribution in [-0.4, -0.2) is 24.9 Å². The van der Waals surface area contributed by atoms with Gasteiger partial charge in [0.15, 0.2) is 11.5 Å². The summed E-state index contributed by atoms with van der Waals surface area (Å²) >= 11 is 0. The van der Waals surface area contributed by atoms with Crippen molar-refractivity contribution in [1.82, 2.24) is 0 Å². The first-order valence-electron chi connectivity index (χ1n) is 6.64. The Morgan fingerprint density at radius 2 is 1.89 bits per heavy atom. The lowest BCUT2D eigenvalue weighted by molar-refractivity contribution is 0.230. The van der Waals surface area contributed by atoms with Gasteiger partial charge in [0.2, 0.25) is 0 Å². The molecular formula is C16H24O3. The lowest BCUT2D eigenvalue weighted by Gasteiger charge is -2.14. The number of benzene rings is 1. The van der Waals surface area contributed by atoms with Gasteiger partial charge in [-0.2, -0.15) is 0 Å². The molecule has 0 saturated carbocycles. The molecule has 0 atom stereocenters. The fourth-order valence-electron chi connectivity index (χ4n) is 1.73. The maximum atomic E-state index is 9.33. The summed E-state index contributed by atoms with van der Waals surface area (Å²) in [4.78, 5) is 0. The maximum absolute atomic E-state index is 9.33. The smallest absolute Gasteiger partial charge is 0.161 e. The van der Waals surface area contributed by atoms with E-state index in [-0.39, 0.29) is 12.7 Å². The van der Waals surface area contributed by atoms with Crippen LogP contribution in [0.3, 0.4) is 0 Å². The van der Waals surface area contributed by atoms with Crippen LogP contribution in [0.25, 0.3) is 6.08 Å². The summed E-state index contributed by atoms with van der Waals surface area (Å²) in [6.45, 7) is 8.17. The van der Waals surface area contributed by atoms with E-state index in [1.54, 1.807) is 7.11 Å². The summed E-state index contributed by atoms with van der Waals surface area (Å²) in [5, 5.41) is 9.33. The molecule has 0 unspecified atom stereocenters. The van der Waals surface area contributed by atoms with E-state index in [0.717, 1.165) is 16.9 Å². The Morgan fingerprint density at radius 3 is 2.37 bits per heavy atom. The van der Waals surface area contributed by atoms with Gasteiger partial charge in [-0.05, 0) is 43.0 Å². The quantitative estimate of drug-likeness (QED) is 0.854. The fourth-order valence-corrected chi connectivity index (χ4v) is 1.73. The minimum atomic E-state index is 0.0736. The zero-order valence-corrected chi connectivity index (χ0v) is 12.4. The van der Waals surface area contributed by atoms with Crippen LogP contribution in [0.1, 0.15) is 33.3 Å². The molecule has 0 aromatic heterocycles. The van der Waals surface area contributed by atoms with Crippen LogP contribution in [0.5, 0.6) is 11.5 Å². The molecule has 0 aliphatic heterocycles. The van der Waals surface area contributed by atoms with Crippen molar-refractivity contribution in [2.45, 2.75) is 33.8 Å². The van der Waals surface area contributed by atoms with Gasteiger partial charge in [0.25, 0.3) is 0 Å². The number of hydrogen-bond acceptors (Lipinski definition) is 3. The summed E-state index contributed by atoms with van der Waals surface area (Å²) < 4.78 is 11.0. The van der Waals surface area contributed by atoms with Gasteiger partial charge < -0.3 is 14.6 Å². The molecule has 0 aliphatic rings. The Labute approximate surface area is 115 Å². The zero-order valence-electron chi connectivity index (χ0n) is 12.4. The van der Waals surface area contributed by atoms with E-state index in [1.165, 1.54) is 0 Å². The molecule has 1 aromatic rings. The second kappa shape index (κ2) is 7.19. The Morgan fingerprint density at radius 1 is 1.21 bits per heavy atom. The van der Waals surface area contributed by atoms with Gasteiger partial charge in [-0.15, -0.1) is 0 Å². The second-order valence-corrected chi connectivity index (χ2v) is 5.11. The van der Waals surface area contributed by atoms with Crippen molar-refractivity contribution in [3.63, 3.8) is 0 Å². The molecule has 0 aliphatic carbocycles. The summed E-state index contributed by atoms with van der Waals surface area (Å²) in [5.41, 5.74) is 2.00. The van der Waals surface area contributed by atoms with Gasteiger partial charge in [0.1, 0.15) is 0 Å². The monoisotopic (exact) mass is 264 g/mol. The van der Waals surface area contributed by atoms with Crippen molar-refractivity contribution in [1.29, 1.82) is 0 Å². The SMILES string of the molecule is COc1cc(C=C(CO)C(C)C)ccc1OC(C)C. The normalized spacial score (nSPS) is 12.1. The summed E-state index contributed by atoms with van der Waals surface area (Å²) in [6.07, 6.45) is 2.10. The molecule has 1 N–H and O–H groups in total. The van der Waals surface area contributed by atoms with Crippen LogP contribution >= 0.6 is 0 Å².